The lowest BCUT2D eigenvalue weighted by Crippen LogP contribution is -2.57. The van der Waals surface area contributed by atoms with Gasteiger partial charge >= 0.3 is 14.0 Å². The molecule has 2 aliphatic carbocycles. The summed E-state index contributed by atoms with van der Waals surface area (Å²) in [5, 5.41) is 2.87. The Morgan fingerprint density at radius 3 is 2.55 bits per heavy atom. The van der Waals surface area contributed by atoms with E-state index in [0.29, 0.717) is 36.2 Å². The topological polar surface area (TPSA) is 109 Å². The predicted octanol–water partition coefficient (Wildman–Crippen LogP) is 6.28. The van der Waals surface area contributed by atoms with Crippen LogP contribution in [0.2, 0.25) is 0 Å². The lowest BCUT2D eigenvalue weighted by molar-refractivity contribution is -0.272. The minimum atomic E-state index is -5.42. The number of alkyl halides is 3. The number of anilines is 1. The average molecular weight is 575 g/mol. The number of phosphoric ester groups is 1. The second-order valence-corrected chi connectivity index (χ2v) is 12.0. The molecule has 0 radical (unpaired) electrons. The van der Waals surface area contributed by atoms with Gasteiger partial charge in [0.1, 0.15) is 0 Å². The standard InChI is InChI=1S/C29H30F3N2O5P/c1-19-25(8-5-15-33-19)34-26(35)22-10-12-24-21(16-22)9-11-23-18-28(29(30,31)32,39-40(36,37)38)14-13-27(23,24)17-20-6-3-2-4-7-20/h2-8,10,12,15-16,23H,9,11,13-14,17-18H2,1H3,(H,34,35)(H2,36,37,38). The van der Waals surface area contributed by atoms with Crippen molar-refractivity contribution >= 4 is 19.4 Å². The summed E-state index contributed by atoms with van der Waals surface area (Å²) in [7, 11) is -5.42. The van der Waals surface area contributed by atoms with E-state index in [4.69, 9.17) is 0 Å². The summed E-state index contributed by atoms with van der Waals surface area (Å²) in [6.07, 6.45) is -3.23. The largest absolute Gasteiger partial charge is 0.470 e. The minimum absolute atomic E-state index is 0.0134. The van der Waals surface area contributed by atoms with Crippen LogP contribution in [0.25, 0.3) is 0 Å². The first kappa shape index (κ1) is 28.5. The summed E-state index contributed by atoms with van der Waals surface area (Å²) in [5.41, 5.74) is 0.738. The average Bonchev–Trinajstić information content (AvgIpc) is 2.89. The number of carbonyl (C=O) groups is 1. The maximum atomic E-state index is 14.4. The molecule has 1 saturated carbocycles. The SMILES string of the molecule is Cc1ncccc1NC(=O)c1ccc2c(c1)CCC1CC(OP(=O)(O)O)(C(F)(F)F)CCC21Cc1ccccc1. The van der Waals surface area contributed by atoms with E-state index >= 15 is 0 Å². The van der Waals surface area contributed by atoms with Crippen molar-refractivity contribution in [3.05, 3.63) is 94.8 Å². The third kappa shape index (κ3) is 5.46. The number of hydrogen-bond acceptors (Lipinski definition) is 4. The lowest BCUT2D eigenvalue weighted by Gasteiger charge is -2.54. The fraction of sp³-hybridized carbons (Fsp3) is 0.379. The van der Waals surface area contributed by atoms with Gasteiger partial charge in [-0.2, -0.15) is 13.2 Å². The van der Waals surface area contributed by atoms with Gasteiger partial charge in [0.15, 0.2) is 5.60 Å². The molecule has 2 aliphatic rings. The summed E-state index contributed by atoms with van der Waals surface area (Å²) in [6.45, 7) is 1.79. The smallest absolute Gasteiger partial charge is 0.320 e. The number of amides is 1. The monoisotopic (exact) mass is 574 g/mol. The Morgan fingerprint density at radius 2 is 1.88 bits per heavy atom. The van der Waals surface area contributed by atoms with Gasteiger partial charge in [-0.3, -0.25) is 14.3 Å². The summed E-state index contributed by atoms with van der Waals surface area (Å²) in [6, 6.07) is 18.3. The van der Waals surface area contributed by atoms with Crippen LogP contribution in [0.5, 0.6) is 0 Å². The molecule has 3 atom stereocenters. The van der Waals surface area contributed by atoms with Crippen LogP contribution in [-0.4, -0.2) is 32.5 Å². The molecule has 1 fully saturated rings. The van der Waals surface area contributed by atoms with Crippen LogP contribution in [0.4, 0.5) is 18.9 Å². The highest BCUT2D eigenvalue weighted by Gasteiger charge is 2.65. The number of halogens is 3. The molecule has 5 rings (SSSR count). The molecule has 3 N–H and O–H groups in total. The fourth-order valence-electron chi connectivity index (χ4n) is 6.53. The second-order valence-electron chi connectivity index (χ2n) is 10.8. The fourth-order valence-corrected chi connectivity index (χ4v) is 7.26. The number of carbonyl (C=O) groups excluding carboxylic acids is 1. The Morgan fingerprint density at radius 1 is 1.12 bits per heavy atom. The van der Waals surface area contributed by atoms with E-state index < -0.39 is 43.8 Å². The van der Waals surface area contributed by atoms with Crippen molar-refractivity contribution in [3.63, 3.8) is 0 Å². The summed E-state index contributed by atoms with van der Waals surface area (Å²) in [4.78, 5) is 36.1. The van der Waals surface area contributed by atoms with E-state index in [1.807, 2.05) is 36.4 Å². The van der Waals surface area contributed by atoms with Gasteiger partial charge in [-0.1, -0.05) is 36.4 Å². The van der Waals surface area contributed by atoms with Gasteiger partial charge in [0, 0.05) is 17.2 Å². The first-order valence-electron chi connectivity index (χ1n) is 13.1. The van der Waals surface area contributed by atoms with Gasteiger partial charge in [-0.15, -0.1) is 0 Å². The van der Waals surface area contributed by atoms with E-state index in [-0.39, 0.29) is 12.3 Å². The molecule has 7 nitrogen and oxygen atoms in total. The lowest BCUT2D eigenvalue weighted by atomic mass is 9.52. The zero-order chi connectivity index (χ0) is 28.8. The van der Waals surface area contributed by atoms with E-state index in [2.05, 4.69) is 14.8 Å². The number of aryl methyl sites for hydroxylation is 2. The van der Waals surface area contributed by atoms with Crippen LogP contribution in [0.1, 0.15) is 58.4 Å². The van der Waals surface area contributed by atoms with Gasteiger partial charge in [0.25, 0.3) is 5.91 Å². The Balaban J connectivity index is 1.53. The highest BCUT2D eigenvalue weighted by atomic mass is 31.2. The van der Waals surface area contributed by atoms with Crippen molar-refractivity contribution < 1.29 is 36.8 Å². The highest BCUT2D eigenvalue weighted by Crippen LogP contribution is 2.61. The molecule has 11 heteroatoms. The van der Waals surface area contributed by atoms with Crippen LogP contribution in [0, 0.1) is 12.8 Å². The quantitative estimate of drug-likeness (QED) is 0.299. The molecule has 0 spiro atoms. The predicted molar refractivity (Wildman–Crippen MR) is 143 cm³/mol. The number of aromatic nitrogens is 1. The number of benzene rings is 2. The minimum Gasteiger partial charge on any atom is -0.320 e. The molecular formula is C29H30F3N2O5P. The molecule has 0 aliphatic heterocycles. The Hall–Kier alpha value is -3.04. The van der Waals surface area contributed by atoms with E-state index in [1.54, 1.807) is 37.4 Å². The van der Waals surface area contributed by atoms with Crippen molar-refractivity contribution in [1.29, 1.82) is 0 Å². The van der Waals surface area contributed by atoms with Crippen LogP contribution in [-0.2, 0) is 27.3 Å². The number of nitrogens with one attached hydrogen (secondary N) is 1. The van der Waals surface area contributed by atoms with Gasteiger partial charge in [0.2, 0.25) is 0 Å². The summed E-state index contributed by atoms with van der Waals surface area (Å²) < 4.78 is 59.3. The molecule has 0 saturated heterocycles. The van der Waals surface area contributed by atoms with Gasteiger partial charge < -0.3 is 15.1 Å². The zero-order valence-corrected chi connectivity index (χ0v) is 22.7. The van der Waals surface area contributed by atoms with Crippen molar-refractivity contribution in [2.24, 2.45) is 5.92 Å². The normalized spacial score (nSPS) is 24.6. The molecule has 212 valence electrons. The summed E-state index contributed by atoms with van der Waals surface area (Å²) >= 11 is 0. The first-order chi connectivity index (χ1) is 18.8. The Bertz CT molecular complexity index is 1460. The molecule has 1 aromatic heterocycles. The maximum Gasteiger partial charge on any atom is 0.470 e. The van der Waals surface area contributed by atoms with Crippen molar-refractivity contribution in [2.45, 2.75) is 62.6 Å². The van der Waals surface area contributed by atoms with Gasteiger partial charge in [-0.05, 0) is 92.3 Å². The molecule has 40 heavy (non-hydrogen) atoms. The summed E-state index contributed by atoms with van der Waals surface area (Å²) in [5.74, 6) is -0.868. The molecule has 3 unspecified atom stereocenters. The maximum absolute atomic E-state index is 14.4. The second kappa shape index (κ2) is 10.4. The van der Waals surface area contributed by atoms with Gasteiger partial charge in [-0.25, -0.2) is 4.57 Å². The highest BCUT2D eigenvalue weighted by molar-refractivity contribution is 7.46. The first-order valence-corrected chi connectivity index (χ1v) is 14.6. The van der Waals surface area contributed by atoms with Crippen molar-refractivity contribution in [3.8, 4) is 0 Å². The number of phosphoric acid groups is 1. The third-order valence-corrected chi connectivity index (χ3v) is 9.01. The van der Waals surface area contributed by atoms with E-state index in [0.717, 1.165) is 16.7 Å². The van der Waals surface area contributed by atoms with Crippen molar-refractivity contribution in [2.75, 3.05) is 5.32 Å². The molecule has 3 aromatic rings. The number of fused-ring (bicyclic) bond motifs is 3. The van der Waals surface area contributed by atoms with Gasteiger partial charge in [0.05, 0.1) is 11.4 Å². The van der Waals surface area contributed by atoms with Crippen LogP contribution >= 0.6 is 7.82 Å². The van der Waals surface area contributed by atoms with Crippen molar-refractivity contribution in [1.82, 2.24) is 4.98 Å². The number of pyridine rings is 1. The number of nitrogens with zero attached hydrogens (tertiary/aromatic N) is 1. The van der Waals surface area contributed by atoms with Crippen LogP contribution in [0.3, 0.4) is 0 Å². The molecule has 0 bridgehead atoms. The van der Waals surface area contributed by atoms with Crippen LogP contribution < -0.4 is 5.32 Å². The third-order valence-electron chi connectivity index (χ3n) is 8.43. The van der Waals surface area contributed by atoms with Crippen LogP contribution in [0.15, 0.2) is 66.9 Å². The number of rotatable bonds is 6. The Labute approximate surface area is 230 Å². The zero-order valence-electron chi connectivity index (χ0n) is 21.8. The number of hydrogen-bond donors (Lipinski definition) is 3. The molecule has 1 heterocycles. The van der Waals surface area contributed by atoms with E-state index in [9.17, 15) is 32.3 Å². The Kier molecular flexibility index (Phi) is 7.42. The molecule has 1 amide bonds. The molecular weight excluding hydrogens is 544 g/mol. The van der Waals surface area contributed by atoms with E-state index in [1.165, 1.54) is 0 Å². The molecule has 2 aromatic carbocycles.